The summed E-state index contributed by atoms with van der Waals surface area (Å²) in [5.74, 6) is 2.25. The number of para-hydroxylation sites is 1. The van der Waals surface area contributed by atoms with E-state index in [0.29, 0.717) is 0 Å². The lowest BCUT2D eigenvalue weighted by Crippen LogP contribution is -1.95. The molecule has 4 nitrogen and oxygen atoms in total. The molecule has 0 aliphatic heterocycles. The third-order valence-corrected chi connectivity index (χ3v) is 3.22. The van der Waals surface area contributed by atoms with Crippen molar-refractivity contribution < 1.29 is 9.47 Å². The number of fused-ring (bicyclic) bond motifs is 1. The minimum absolute atomic E-state index is 0.734. The van der Waals surface area contributed by atoms with E-state index in [0.717, 1.165) is 33.9 Å². The predicted molar refractivity (Wildman–Crippen MR) is 84.6 cm³/mol. The molecule has 0 saturated heterocycles. The second kappa shape index (κ2) is 5.71. The number of methoxy groups -OCH3 is 2. The SMILES string of the molecule is COc1cc(Nc2ccc3ccccc3n2)cc(OC)c1. The van der Waals surface area contributed by atoms with Gasteiger partial charge in [0.05, 0.1) is 19.7 Å². The van der Waals surface area contributed by atoms with Gasteiger partial charge in [-0.25, -0.2) is 4.98 Å². The summed E-state index contributed by atoms with van der Waals surface area (Å²) < 4.78 is 10.5. The predicted octanol–water partition coefficient (Wildman–Crippen LogP) is 4.00. The molecule has 1 N–H and O–H groups in total. The molecule has 106 valence electrons. The lowest BCUT2D eigenvalue weighted by Gasteiger charge is -2.10. The van der Waals surface area contributed by atoms with Crippen molar-refractivity contribution in [2.45, 2.75) is 0 Å². The molecule has 21 heavy (non-hydrogen) atoms. The van der Waals surface area contributed by atoms with Gasteiger partial charge in [-0.05, 0) is 18.2 Å². The molecule has 2 aromatic carbocycles. The van der Waals surface area contributed by atoms with Crippen molar-refractivity contribution in [1.29, 1.82) is 0 Å². The van der Waals surface area contributed by atoms with Crippen LogP contribution in [0.25, 0.3) is 10.9 Å². The number of pyridine rings is 1. The van der Waals surface area contributed by atoms with Crippen molar-refractivity contribution in [3.8, 4) is 11.5 Å². The average molecular weight is 280 g/mol. The molecule has 0 saturated carbocycles. The van der Waals surface area contributed by atoms with Gasteiger partial charge < -0.3 is 14.8 Å². The van der Waals surface area contributed by atoms with E-state index < -0.39 is 0 Å². The number of aromatic nitrogens is 1. The monoisotopic (exact) mass is 280 g/mol. The van der Waals surface area contributed by atoms with Gasteiger partial charge in [-0.2, -0.15) is 0 Å². The summed E-state index contributed by atoms with van der Waals surface area (Å²) in [6.07, 6.45) is 0. The number of benzene rings is 2. The average Bonchev–Trinajstić information content (AvgIpc) is 2.54. The Morgan fingerprint density at radius 1 is 0.857 bits per heavy atom. The second-order valence-corrected chi connectivity index (χ2v) is 4.62. The molecule has 3 rings (SSSR count). The lowest BCUT2D eigenvalue weighted by atomic mass is 10.2. The molecule has 1 heterocycles. The fraction of sp³-hybridized carbons (Fsp3) is 0.118. The molecule has 0 radical (unpaired) electrons. The summed E-state index contributed by atoms with van der Waals surface area (Å²) >= 11 is 0. The van der Waals surface area contributed by atoms with Crippen LogP contribution in [0.4, 0.5) is 11.5 Å². The van der Waals surface area contributed by atoms with E-state index >= 15 is 0 Å². The first-order chi connectivity index (χ1) is 10.3. The molecule has 0 bridgehead atoms. The van der Waals surface area contributed by atoms with Crippen LogP contribution in [0.1, 0.15) is 0 Å². The molecule has 3 aromatic rings. The second-order valence-electron chi connectivity index (χ2n) is 4.62. The molecule has 0 atom stereocenters. The summed E-state index contributed by atoms with van der Waals surface area (Å²) in [6, 6.07) is 17.7. The molecule has 0 spiro atoms. The van der Waals surface area contributed by atoms with Gasteiger partial charge >= 0.3 is 0 Å². The maximum absolute atomic E-state index is 5.26. The van der Waals surface area contributed by atoms with Crippen LogP contribution in [-0.4, -0.2) is 19.2 Å². The number of ether oxygens (including phenoxy) is 2. The van der Waals surface area contributed by atoms with Crippen molar-refractivity contribution in [3.05, 3.63) is 54.6 Å². The fourth-order valence-electron chi connectivity index (χ4n) is 2.16. The first-order valence-electron chi connectivity index (χ1n) is 6.64. The largest absolute Gasteiger partial charge is 0.497 e. The van der Waals surface area contributed by atoms with Gasteiger partial charge in [0, 0.05) is 29.3 Å². The van der Waals surface area contributed by atoms with Crippen molar-refractivity contribution in [3.63, 3.8) is 0 Å². The zero-order valence-electron chi connectivity index (χ0n) is 12.0. The Hall–Kier alpha value is -2.75. The molecule has 0 amide bonds. The Labute approximate surface area is 123 Å². The maximum atomic E-state index is 5.26. The summed E-state index contributed by atoms with van der Waals surface area (Å²) in [6.45, 7) is 0. The summed E-state index contributed by atoms with van der Waals surface area (Å²) in [4.78, 5) is 4.59. The number of anilines is 2. The van der Waals surface area contributed by atoms with E-state index in [1.165, 1.54) is 0 Å². The van der Waals surface area contributed by atoms with E-state index in [2.05, 4.69) is 10.3 Å². The fourth-order valence-corrected chi connectivity index (χ4v) is 2.16. The van der Waals surface area contributed by atoms with Gasteiger partial charge in [0.1, 0.15) is 17.3 Å². The summed E-state index contributed by atoms with van der Waals surface area (Å²) in [7, 11) is 3.26. The van der Waals surface area contributed by atoms with Crippen LogP contribution in [0, 0.1) is 0 Å². The topological polar surface area (TPSA) is 43.4 Å². The highest BCUT2D eigenvalue weighted by Crippen LogP contribution is 2.28. The van der Waals surface area contributed by atoms with Crippen molar-refractivity contribution in [2.24, 2.45) is 0 Å². The zero-order valence-corrected chi connectivity index (χ0v) is 12.0. The standard InChI is InChI=1S/C17H16N2O2/c1-20-14-9-13(10-15(11-14)21-2)18-17-8-7-12-5-3-4-6-16(12)19-17/h3-11H,1-2H3,(H,18,19). The normalized spacial score (nSPS) is 10.4. The minimum atomic E-state index is 0.734. The molecular weight excluding hydrogens is 264 g/mol. The maximum Gasteiger partial charge on any atom is 0.131 e. The Morgan fingerprint density at radius 3 is 2.29 bits per heavy atom. The Morgan fingerprint density at radius 2 is 1.57 bits per heavy atom. The lowest BCUT2D eigenvalue weighted by molar-refractivity contribution is 0.395. The molecule has 4 heteroatoms. The van der Waals surface area contributed by atoms with Gasteiger partial charge in [0.15, 0.2) is 0 Å². The molecule has 0 unspecified atom stereocenters. The van der Waals surface area contributed by atoms with Gasteiger partial charge in [-0.15, -0.1) is 0 Å². The third-order valence-electron chi connectivity index (χ3n) is 3.22. The quantitative estimate of drug-likeness (QED) is 0.784. The van der Waals surface area contributed by atoms with Crippen LogP contribution in [0.2, 0.25) is 0 Å². The molecule has 0 aliphatic carbocycles. The molecule has 1 aromatic heterocycles. The number of rotatable bonds is 4. The Kier molecular flexibility index (Phi) is 3.60. The van der Waals surface area contributed by atoms with Gasteiger partial charge in [-0.1, -0.05) is 18.2 Å². The first kappa shape index (κ1) is 13.2. The number of hydrogen-bond acceptors (Lipinski definition) is 4. The molecule has 0 fully saturated rings. The van der Waals surface area contributed by atoms with Crippen LogP contribution >= 0.6 is 0 Å². The summed E-state index contributed by atoms with van der Waals surface area (Å²) in [5, 5.41) is 4.39. The van der Waals surface area contributed by atoms with E-state index in [-0.39, 0.29) is 0 Å². The Balaban J connectivity index is 1.94. The zero-order chi connectivity index (χ0) is 14.7. The Bertz CT molecular complexity index is 749. The number of nitrogens with one attached hydrogen (secondary N) is 1. The number of nitrogens with zero attached hydrogens (tertiary/aromatic N) is 1. The number of hydrogen-bond donors (Lipinski definition) is 1. The summed E-state index contributed by atoms with van der Waals surface area (Å²) in [5.41, 5.74) is 1.83. The van der Waals surface area contributed by atoms with Gasteiger partial charge in [0.2, 0.25) is 0 Å². The van der Waals surface area contributed by atoms with Crippen molar-refractivity contribution in [2.75, 3.05) is 19.5 Å². The molecular formula is C17H16N2O2. The molecule has 0 aliphatic rings. The van der Waals surface area contributed by atoms with E-state index in [9.17, 15) is 0 Å². The van der Waals surface area contributed by atoms with E-state index in [1.54, 1.807) is 14.2 Å². The van der Waals surface area contributed by atoms with Crippen LogP contribution in [0.15, 0.2) is 54.6 Å². The van der Waals surface area contributed by atoms with E-state index in [1.807, 2.05) is 54.6 Å². The highest BCUT2D eigenvalue weighted by molar-refractivity contribution is 5.80. The minimum Gasteiger partial charge on any atom is -0.497 e. The smallest absolute Gasteiger partial charge is 0.131 e. The highest BCUT2D eigenvalue weighted by Gasteiger charge is 2.03. The van der Waals surface area contributed by atoms with Crippen LogP contribution in [-0.2, 0) is 0 Å². The highest BCUT2D eigenvalue weighted by atomic mass is 16.5. The first-order valence-corrected chi connectivity index (χ1v) is 6.64. The van der Waals surface area contributed by atoms with Gasteiger partial charge in [0.25, 0.3) is 0 Å². The van der Waals surface area contributed by atoms with Crippen molar-refractivity contribution in [1.82, 2.24) is 4.98 Å². The van der Waals surface area contributed by atoms with Gasteiger partial charge in [-0.3, -0.25) is 0 Å². The van der Waals surface area contributed by atoms with Crippen LogP contribution in [0.3, 0.4) is 0 Å². The van der Waals surface area contributed by atoms with Crippen LogP contribution < -0.4 is 14.8 Å². The van der Waals surface area contributed by atoms with Crippen molar-refractivity contribution >= 4 is 22.4 Å². The van der Waals surface area contributed by atoms with E-state index in [4.69, 9.17) is 9.47 Å². The third kappa shape index (κ3) is 2.89. The van der Waals surface area contributed by atoms with Crippen LogP contribution in [0.5, 0.6) is 11.5 Å².